The van der Waals surface area contributed by atoms with E-state index in [1.807, 2.05) is 30.3 Å². The molecular formula is C20H21ClN2O. The molecule has 124 valence electrons. The van der Waals surface area contributed by atoms with Crippen LogP contribution in [0.1, 0.15) is 18.4 Å². The van der Waals surface area contributed by atoms with Gasteiger partial charge in [-0.15, -0.1) is 0 Å². The second-order valence-corrected chi connectivity index (χ2v) is 6.33. The molecule has 0 aliphatic carbocycles. The Morgan fingerprint density at radius 3 is 2.71 bits per heavy atom. The standard InChI is InChI=1S/C20H21ClN2O/c21-19-11-5-4-7-16(19)12-13-20(24)22-15-18-10-6-14-23(18)17-8-2-1-3-9-17/h1-5,7-9,11-13,18H,6,10,14-15H2,(H,22,24)/b13-12+/t18-/m0/s1. The van der Waals surface area contributed by atoms with Crippen LogP contribution >= 0.6 is 11.6 Å². The largest absolute Gasteiger partial charge is 0.367 e. The highest BCUT2D eigenvalue weighted by Crippen LogP contribution is 2.24. The number of hydrogen-bond acceptors (Lipinski definition) is 2. The van der Waals surface area contributed by atoms with E-state index in [0.717, 1.165) is 24.9 Å². The Balaban J connectivity index is 1.55. The molecule has 3 rings (SSSR count). The molecule has 1 heterocycles. The predicted molar refractivity (Wildman–Crippen MR) is 100 cm³/mol. The van der Waals surface area contributed by atoms with Gasteiger partial charge in [-0.3, -0.25) is 4.79 Å². The number of benzene rings is 2. The molecule has 0 unspecified atom stereocenters. The molecule has 4 heteroatoms. The summed E-state index contributed by atoms with van der Waals surface area (Å²) in [7, 11) is 0. The van der Waals surface area contributed by atoms with E-state index in [1.54, 1.807) is 12.2 Å². The van der Waals surface area contributed by atoms with Crippen LogP contribution < -0.4 is 10.2 Å². The Labute approximate surface area is 147 Å². The zero-order valence-electron chi connectivity index (χ0n) is 13.5. The monoisotopic (exact) mass is 340 g/mol. The van der Waals surface area contributed by atoms with Crippen LogP contribution in [0.3, 0.4) is 0 Å². The van der Waals surface area contributed by atoms with Crippen molar-refractivity contribution in [3.8, 4) is 0 Å². The first-order valence-corrected chi connectivity index (χ1v) is 8.64. The number of amides is 1. The summed E-state index contributed by atoms with van der Waals surface area (Å²) in [6.45, 7) is 1.70. The van der Waals surface area contributed by atoms with E-state index in [1.165, 1.54) is 5.69 Å². The first-order chi connectivity index (χ1) is 11.7. The maximum atomic E-state index is 12.1. The fourth-order valence-electron chi connectivity index (χ4n) is 3.06. The third-order valence-corrected chi connectivity index (χ3v) is 4.64. The lowest BCUT2D eigenvalue weighted by Crippen LogP contribution is -2.39. The second-order valence-electron chi connectivity index (χ2n) is 5.92. The number of nitrogens with one attached hydrogen (secondary N) is 1. The Morgan fingerprint density at radius 2 is 1.92 bits per heavy atom. The van der Waals surface area contributed by atoms with Crippen LogP contribution in [0, 0.1) is 0 Å². The van der Waals surface area contributed by atoms with Crippen LogP contribution in [-0.4, -0.2) is 25.0 Å². The number of rotatable bonds is 5. The van der Waals surface area contributed by atoms with Crippen LogP contribution in [0.25, 0.3) is 6.08 Å². The molecule has 1 aliphatic rings. The van der Waals surface area contributed by atoms with Crippen molar-refractivity contribution in [1.29, 1.82) is 0 Å². The number of nitrogens with zero attached hydrogens (tertiary/aromatic N) is 1. The molecule has 1 saturated heterocycles. The first-order valence-electron chi connectivity index (χ1n) is 8.26. The number of carbonyl (C=O) groups excluding carboxylic acids is 1. The van der Waals surface area contributed by atoms with Crippen molar-refractivity contribution in [2.75, 3.05) is 18.0 Å². The van der Waals surface area contributed by atoms with Crippen molar-refractivity contribution in [2.24, 2.45) is 0 Å². The third-order valence-electron chi connectivity index (χ3n) is 4.30. The summed E-state index contributed by atoms with van der Waals surface area (Å²) in [4.78, 5) is 14.4. The third kappa shape index (κ3) is 4.18. The van der Waals surface area contributed by atoms with Gasteiger partial charge in [0.05, 0.1) is 0 Å². The zero-order valence-corrected chi connectivity index (χ0v) is 14.2. The van der Waals surface area contributed by atoms with Gasteiger partial charge in [-0.2, -0.15) is 0 Å². The molecule has 1 N–H and O–H groups in total. The average Bonchev–Trinajstić information content (AvgIpc) is 3.08. The van der Waals surface area contributed by atoms with E-state index >= 15 is 0 Å². The van der Waals surface area contributed by atoms with Gasteiger partial charge in [0.15, 0.2) is 0 Å². The van der Waals surface area contributed by atoms with Gasteiger partial charge in [-0.1, -0.05) is 48.0 Å². The zero-order chi connectivity index (χ0) is 16.8. The summed E-state index contributed by atoms with van der Waals surface area (Å²) in [5.41, 5.74) is 2.07. The maximum absolute atomic E-state index is 12.1. The topological polar surface area (TPSA) is 32.3 Å². The van der Waals surface area contributed by atoms with Crippen molar-refractivity contribution in [2.45, 2.75) is 18.9 Å². The molecule has 1 amide bonds. The summed E-state index contributed by atoms with van der Waals surface area (Å²) >= 11 is 6.09. The smallest absolute Gasteiger partial charge is 0.244 e. The SMILES string of the molecule is O=C(/C=C/c1ccccc1Cl)NC[C@@H]1CCCN1c1ccccc1. The van der Waals surface area contributed by atoms with E-state index in [2.05, 4.69) is 34.5 Å². The Hall–Kier alpha value is -2.26. The van der Waals surface area contributed by atoms with Gasteiger partial charge in [0.2, 0.25) is 5.91 Å². The molecular weight excluding hydrogens is 320 g/mol. The highest BCUT2D eigenvalue weighted by atomic mass is 35.5. The van der Waals surface area contributed by atoms with Crippen LogP contribution in [0.15, 0.2) is 60.7 Å². The minimum atomic E-state index is -0.0881. The van der Waals surface area contributed by atoms with Gasteiger partial charge < -0.3 is 10.2 Å². The van der Waals surface area contributed by atoms with E-state index in [0.29, 0.717) is 17.6 Å². The molecule has 1 atom stereocenters. The molecule has 2 aromatic carbocycles. The van der Waals surface area contributed by atoms with Gasteiger partial charge in [-0.25, -0.2) is 0 Å². The predicted octanol–water partition coefficient (Wildman–Crippen LogP) is 4.14. The number of carbonyl (C=O) groups is 1. The van der Waals surface area contributed by atoms with Gasteiger partial charge in [0, 0.05) is 35.9 Å². The van der Waals surface area contributed by atoms with Crippen molar-refractivity contribution >= 4 is 29.3 Å². The summed E-state index contributed by atoms with van der Waals surface area (Å²) in [5, 5.41) is 3.65. The van der Waals surface area contributed by atoms with Crippen LogP contribution in [0.5, 0.6) is 0 Å². The highest BCUT2D eigenvalue weighted by Gasteiger charge is 2.24. The molecule has 0 saturated carbocycles. The van der Waals surface area contributed by atoms with E-state index in [-0.39, 0.29) is 5.91 Å². The molecule has 24 heavy (non-hydrogen) atoms. The lowest BCUT2D eigenvalue weighted by Gasteiger charge is -2.26. The van der Waals surface area contributed by atoms with E-state index in [4.69, 9.17) is 11.6 Å². The van der Waals surface area contributed by atoms with Crippen LogP contribution in [-0.2, 0) is 4.79 Å². The molecule has 0 bridgehead atoms. The minimum Gasteiger partial charge on any atom is -0.367 e. The molecule has 0 spiro atoms. The molecule has 1 aliphatic heterocycles. The molecule has 2 aromatic rings. The lowest BCUT2D eigenvalue weighted by molar-refractivity contribution is -0.116. The van der Waals surface area contributed by atoms with Gasteiger partial charge in [0.1, 0.15) is 0 Å². The van der Waals surface area contributed by atoms with Crippen molar-refractivity contribution in [3.05, 3.63) is 71.3 Å². The summed E-state index contributed by atoms with van der Waals surface area (Å²) in [6.07, 6.45) is 5.55. The van der Waals surface area contributed by atoms with Crippen molar-refractivity contribution in [3.63, 3.8) is 0 Å². The molecule has 3 nitrogen and oxygen atoms in total. The lowest BCUT2D eigenvalue weighted by atomic mass is 10.2. The van der Waals surface area contributed by atoms with Crippen LogP contribution in [0.4, 0.5) is 5.69 Å². The van der Waals surface area contributed by atoms with Gasteiger partial charge in [-0.05, 0) is 42.7 Å². The number of hydrogen-bond donors (Lipinski definition) is 1. The highest BCUT2D eigenvalue weighted by molar-refractivity contribution is 6.32. The number of halogens is 1. The second kappa shape index (κ2) is 8.02. The summed E-state index contributed by atoms with van der Waals surface area (Å²) in [5.74, 6) is -0.0881. The number of anilines is 1. The van der Waals surface area contributed by atoms with E-state index in [9.17, 15) is 4.79 Å². The quantitative estimate of drug-likeness (QED) is 0.830. The molecule has 0 aromatic heterocycles. The maximum Gasteiger partial charge on any atom is 0.244 e. The normalized spacial score (nSPS) is 17.4. The summed E-state index contributed by atoms with van der Waals surface area (Å²) in [6, 6.07) is 18.2. The van der Waals surface area contributed by atoms with Crippen molar-refractivity contribution < 1.29 is 4.79 Å². The van der Waals surface area contributed by atoms with Crippen LogP contribution in [0.2, 0.25) is 5.02 Å². The average molecular weight is 341 g/mol. The van der Waals surface area contributed by atoms with Gasteiger partial charge >= 0.3 is 0 Å². The summed E-state index contributed by atoms with van der Waals surface area (Å²) < 4.78 is 0. The Morgan fingerprint density at radius 1 is 1.17 bits per heavy atom. The first kappa shape index (κ1) is 16.6. The van der Waals surface area contributed by atoms with Gasteiger partial charge in [0.25, 0.3) is 0 Å². The molecule has 1 fully saturated rings. The van der Waals surface area contributed by atoms with Crippen molar-refractivity contribution in [1.82, 2.24) is 5.32 Å². The minimum absolute atomic E-state index is 0.0881. The Kier molecular flexibility index (Phi) is 5.55. The fourth-order valence-corrected chi connectivity index (χ4v) is 3.26. The molecule has 0 radical (unpaired) electrons. The van der Waals surface area contributed by atoms with E-state index < -0.39 is 0 Å². The fraction of sp³-hybridized carbons (Fsp3) is 0.250. The Bertz CT molecular complexity index is 715. The number of para-hydroxylation sites is 1.